The lowest BCUT2D eigenvalue weighted by molar-refractivity contribution is 0.0635. The summed E-state index contributed by atoms with van der Waals surface area (Å²) in [5, 5.41) is 7.89. The van der Waals surface area contributed by atoms with Gasteiger partial charge in [-0.1, -0.05) is 11.3 Å². The number of anilines is 3. The number of fused-ring (bicyclic) bond motifs is 1. The SMILES string of the molecule is Cc1cc(F)c(C(=O)Nc2cc3c(cn2)COC3)cc1NC(=O)c1cnc(NC(=O)OC(C)(C)C)s1. The minimum Gasteiger partial charge on any atom is -0.444 e. The number of benzene rings is 1. The molecular weight excluding hydrogens is 489 g/mol. The summed E-state index contributed by atoms with van der Waals surface area (Å²) in [5.41, 5.74) is 1.57. The number of hydrogen-bond acceptors (Lipinski definition) is 8. The number of nitrogens with one attached hydrogen (secondary N) is 3. The van der Waals surface area contributed by atoms with Crippen molar-refractivity contribution < 1.29 is 28.2 Å². The highest BCUT2D eigenvalue weighted by Crippen LogP contribution is 2.25. The molecule has 3 amide bonds. The normalized spacial score (nSPS) is 12.6. The van der Waals surface area contributed by atoms with Gasteiger partial charge in [0.2, 0.25) is 0 Å². The van der Waals surface area contributed by atoms with Gasteiger partial charge in [0.25, 0.3) is 11.8 Å². The van der Waals surface area contributed by atoms with Gasteiger partial charge in [-0.25, -0.2) is 19.2 Å². The molecule has 3 N–H and O–H groups in total. The van der Waals surface area contributed by atoms with Crippen molar-refractivity contribution in [2.45, 2.75) is 46.5 Å². The Hall–Kier alpha value is -3.90. The number of aryl methyl sites for hydroxylation is 1. The van der Waals surface area contributed by atoms with Gasteiger partial charge in [0.05, 0.1) is 25.0 Å². The maximum Gasteiger partial charge on any atom is 0.413 e. The summed E-state index contributed by atoms with van der Waals surface area (Å²) in [6, 6.07) is 4.10. The molecule has 1 aliphatic heterocycles. The molecule has 12 heteroatoms. The van der Waals surface area contributed by atoms with Crippen LogP contribution in [-0.2, 0) is 22.7 Å². The third-order valence-corrected chi connectivity index (χ3v) is 5.90. The van der Waals surface area contributed by atoms with Crippen molar-refractivity contribution >= 4 is 45.9 Å². The lowest BCUT2D eigenvalue weighted by atomic mass is 10.1. The maximum atomic E-state index is 14.6. The molecule has 188 valence electrons. The largest absolute Gasteiger partial charge is 0.444 e. The monoisotopic (exact) mass is 513 g/mol. The zero-order valence-corrected chi connectivity index (χ0v) is 20.8. The third-order valence-electron chi connectivity index (χ3n) is 4.98. The Morgan fingerprint density at radius 2 is 1.75 bits per heavy atom. The van der Waals surface area contributed by atoms with Crippen LogP contribution in [0.5, 0.6) is 0 Å². The summed E-state index contributed by atoms with van der Waals surface area (Å²) in [4.78, 5) is 45.8. The summed E-state index contributed by atoms with van der Waals surface area (Å²) < 4.78 is 25.1. The standard InChI is InChI=1S/C24H24FN5O5S/c1-12-5-16(25)15(20(31)29-19-6-13-10-34-11-14(13)8-26-19)7-17(12)28-21(32)18-9-27-22(36-18)30-23(33)35-24(2,3)4/h5-9H,10-11H2,1-4H3,(H,28,32)(H,26,29,31)(H,27,30,33). The number of aromatic nitrogens is 2. The van der Waals surface area contributed by atoms with Gasteiger partial charge in [-0.2, -0.15) is 0 Å². The summed E-state index contributed by atoms with van der Waals surface area (Å²) >= 11 is 0.939. The fourth-order valence-corrected chi connectivity index (χ4v) is 4.00. The maximum absolute atomic E-state index is 14.6. The zero-order valence-electron chi connectivity index (χ0n) is 20.0. The Kier molecular flexibility index (Phi) is 7.00. The molecule has 0 fully saturated rings. The fraction of sp³-hybridized carbons (Fsp3) is 0.292. The summed E-state index contributed by atoms with van der Waals surface area (Å²) in [6.45, 7) is 7.66. The smallest absolute Gasteiger partial charge is 0.413 e. The number of pyridine rings is 1. The minimum absolute atomic E-state index is 0.178. The second-order valence-corrected chi connectivity index (χ2v) is 10.1. The highest BCUT2D eigenvalue weighted by atomic mass is 32.1. The zero-order chi connectivity index (χ0) is 26.0. The average Bonchev–Trinajstić information content (AvgIpc) is 3.43. The Balaban J connectivity index is 1.46. The van der Waals surface area contributed by atoms with E-state index in [0.29, 0.717) is 18.8 Å². The van der Waals surface area contributed by atoms with Crippen LogP contribution in [0.3, 0.4) is 0 Å². The first-order valence-corrected chi connectivity index (χ1v) is 11.7. The lowest BCUT2D eigenvalue weighted by Gasteiger charge is -2.18. The predicted molar refractivity (Wildman–Crippen MR) is 132 cm³/mol. The van der Waals surface area contributed by atoms with Gasteiger partial charge in [-0.05, 0) is 57.0 Å². The minimum atomic E-state index is -0.742. The first-order chi connectivity index (χ1) is 17.0. The summed E-state index contributed by atoms with van der Waals surface area (Å²) in [5.74, 6) is -1.72. The molecule has 1 aromatic carbocycles. The van der Waals surface area contributed by atoms with E-state index in [1.807, 2.05) is 0 Å². The van der Waals surface area contributed by atoms with E-state index in [0.717, 1.165) is 28.5 Å². The van der Waals surface area contributed by atoms with E-state index in [-0.39, 0.29) is 27.1 Å². The second-order valence-electron chi connectivity index (χ2n) is 9.04. The molecule has 36 heavy (non-hydrogen) atoms. The van der Waals surface area contributed by atoms with Crippen LogP contribution in [-0.4, -0.2) is 33.5 Å². The highest BCUT2D eigenvalue weighted by molar-refractivity contribution is 7.17. The van der Waals surface area contributed by atoms with Crippen LogP contribution < -0.4 is 16.0 Å². The van der Waals surface area contributed by atoms with Gasteiger partial charge in [-0.15, -0.1) is 0 Å². The van der Waals surface area contributed by atoms with Gasteiger partial charge in [0, 0.05) is 17.4 Å². The Morgan fingerprint density at radius 1 is 1.00 bits per heavy atom. The van der Waals surface area contributed by atoms with E-state index in [9.17, 15) is 18.8 Å². The van der Waals surface area contributed by atoms with Gasteiger partial charge >= 0.3 is 6.09 Å². The lowest BCUT2D eigenvalue weighted by Crippen LogP contribution is -2.27. The third kappa shape index (κ3) is 6.01. The number of halogens is 1. The van der Waals surface area contributed by atoms with Crippen LogP contribution in [0.15, 0.2) is 30.6 Å². The van der Waals surface area contributed by atoms with E-state index in [1.54, 1.807) is 40.0 Å². The molecule has 0 saturated carbocycles. The molecule has 0 bridgehead atoms. The summed E-state index contributed by atoms with van der Waals surface area (Å²) in [6.07, 6.45) is 2.21. The van der Waals surface area contributed by atoms with Crippen LogP contribution in [0.2, 0.25) is 0 Å². The van der Waals surface area contributed by atoms with Crippen molar-refractivity contribution in [2.75, 3.05) is 16.0 Å². The van der Waals surface area contributed by atoms with E-state index >= 15 is 0 Å². The van der Waals surface area contributed by atoms with Crippen LogP contribution in [0.25, 0.3) is 0 Å². The van der Waals surface area contributed by atoms with E-state index in [4.69, 9.17) is 9.47 Å². The number of thiazole rings is 1. The van der Waals surface area contributed by atoms with Gasteiger partial charge in [0.15, 0.2) is 5.13 Å². The summed E-state index contributed by atoms with van der Waals surface area (Å²) in [7, 11) is 0. The van der Waals surface area contributed by atoms with E-state index in [1.165, 1.54) is 12.3 Å². The molecular formula is C24H24FN5O5S. The first-order valence-electron chi connectivity index (χ1n) is 10.9. The van der Waals surface area contributed by atoms with Crippen molar-refractivity contribution in [1.29, 1.82) is 0 Å². The number of hydrogen-bond donors (Lipinski definition) is 3. The van der Waals surface area contributed by atoms with Crippen molar-refractivity contribution in [2.24, 2.45) is 0 Å². The molecule has 1 aliphatic rings. The van der Waals surface area contributed by atoms with Gasteiger partial charge < -0.3 is 20.1 Å². The number of amides is 3. The molecule has 0 radical (unpaired) electrons. The predicted octanol–water partition coefficient (Wildman–Crippen LogP) is 4.87. The highest BCUT2D eigenvalue weighted by Gasteiger charge is 2.21. The van der Waals surface area contributed by atoms with E-state index < -0.39 is 29.3 Å². The number of carbonyl (C=O) groups excluding carboxylic acids is 3. The first kappa shape index (κ1) is 25.2. The molecule has 0 saturated heterocycles. The van der Waals surface area contributed by atoms with Gasteiger partial charge in [-0.3, -0.25) is 14.9 Å². The van der Waals surface area contributed by atoms with E-state index in [2.05, 4.69) is 25.9 Å². The fourth-order valence-electron chi connectivity index (χ4n) is 3.31. The number of nitrogens with zero attached hydrogens (tertiary/aromatic N) is 2. The van der Waals surface area contributed by atoms with Crippen LogP contribution in [0, 0.1) is 12.7 Å². The van der Waals surface area contributed by atoms with Crippen LogP contribution in [0.4, 0.5) is 25.8 Å². The van der Waals surface area contributed by atoms with Gasteiger partial charge in [0.1, 0.15) is 22.1 Å². The quantitative estimate of drug-likeness (QED) is 0.444. The molecule has 0 unspecified atom stereocenters. The Labute approximate surface area is 210 Å². The Bertz CT molecular complexity index is 1350. The number of rotatable bonds is 5. The number of carbonyl (C=O) groups is 3. The number of ether oxygens (including phenoxy) is 2. The van der Waals surface area contributed by atoms with Crippen LogP contribution >= 0.6 is 11.3 Å². The molecule has 10 nitrogen and oxygen atoms in total. The molecule has 0 spiro atoms. The molecule has 3 heterocycles. The van der Waals surface area contributed by atoms with Crippen molar-refractivity contribution in [3.8, 4) is 0 Å². The van der Waals surface area contributed by atoms with Crippen molar-refractivity contribution in [3.63, 3.8) is 0 Å². The van der Waals surface area contributed by atoms with Crippen molar-refractivity contribution in [3.05, 3.63) is 63.5 Å². The second kappa shape index (κ2) is 9.99. The topological polar surface area (TPSA) is 132 Å². The molecule has 2 aromatic heterocycles. The molecule has 4 rings (SSSR count). The van der Waals surface area contributed by atoms with Crippen molar-refractivity contribution in [1.82, 2.24) is 9.97 Å². The molecule has 0 aliphatic carbocycles. The molecule has 3 aromatic rings. The Morgan fingerprint density at radius 3 is 2.50 bits per heavy atom. The van der Waals surface area contributed by atoms with Crippen LogP contribution in [0.1, 0.15) is 57.5 Å². The molecule has 0 atom stereocenters. The average molecular weight is 514 g/mol.